The van der Waals surface area contributed by atoms with E-state index < -0.39 is 0 Å². The second-order valence-electron chi connectivity index (χ2n) is 4.04. The molecule has 4 heteroatoms. The van der Waals surface area contributed by atoms with Gasteiger partial charge in [0.05, 0.1) is 5.52 Å². The summed E-state index contributed by atoms with van der Waals surface area (Å²) in [4.78, 5) is 0. The first kappa shape index (κ1) is 11.6. The smallest absolute Gasteiger partial charge is 0.188 e. The Morgan fingerprint density at radius 3 is 2.94 bits per heavy atom. The third kappa shape index (κ3) is 1.87. The van der Waals surface area contributed by atoms with E-state index in [1.807, 2.05) is 30.6 Å². The molecule has 1 aromatic carbocycles. The van der Waals surface area contributed by atoms with Crippen molar-refractivity contribution in [3.8, 4) is 5.75 Å². The van der Waals surface area contributed by atoms with Crippen molar-refractivity contribution in [2.75, 3.05) is 13.9 Å². The first-order chi connectivity index (χ1) is 8.79. The van der Waals surface area contributed by atoms with Gasteiger partial charge in [-0.05, 0) is 51.6 Å². The van der Waals surface area contributed by atoms with E-state index in [1.54, 1.807) is 7.11 Å². The van der Waals surface area contributed by atoms with E-state index >= 15 is 0 Å². The van der Waals surface area contributed by atoms with Crippen molar-refractivity contribution in [2.24, 2.45) is 0 Å². The number of hydrogen-bond acceptors (Lipinski definition) is 2. The predicted octanol–water partition coefficient (Wildman–Crippen LogP) is 3.84. The number of rotatable bonds is 3. The van der Waals surface area contributed by atoms with E-state index in [9.17, 15) is 0 Å². The number of aromatic nitrogens is 1. The number of methoxy groups -OCH3 is 1. The van der Waals surface area contributed by atoms with Crippen LogP contribution >= 0.6 is 15.9 Å². The topological polar surface area (TPSA) is 22.9 Å². The number of benzene rings is 1. The number of halogens is 1. The first-order valence-corrected chi connectivity index (χ1v) is 6.39. The second-order valence-corrected chi connectivity index (χ2v) is 4.89. The van der Waals surface area contributed by atoms with Crippen LogP contribution in [0.15, 0.2) is 47.2 Å². The summed E-state index contributed by atoms with van der Waals surface area (Å²) in [7, 11) is 1.61. The Labute approximate surface area is 113 Å². The Morgan fingerprint density at radius 2 is 2.11 bits per heavy atom. The highest BCUT2D eigenvalue weighted by atomic mass is 79.9. The van der Waals surface area contributed by atoms with E-state index in [4.69, 9.17) is 9.47 Å². The van der Waals surface area contributed by atoms with E-state index in [2.05, 4.69) is 32.5 Å². The maximum atomic E-state index is 5.48. The van der Waals surface area contributed by atoms with Gasteiger partial charge in [-0.1, -0.05) is 0 Å². The maximum Gasteiger partial charge on any atom is 0.188 e. The molecule has 0 radical (unpaired) electrons. The standard InChI is InChI=1S/C14H12BrNO2/c1-17-9-18-11-7-10-4-6-16-5-2-3-13(16)14(10)12(15)8-11/h2-8H,9H2,1H3. The average molecular weight is 306 g/mol. The van der Waals surface area contributed by atoms with Crippen LogP contribution in [0.1, 0.15) is 0 Å². The summed E-state index contributed by atoms with van der Waals surface area (Å²) in [6.07, 6.45) is 4.08. The van der Waals surface area contributed by atoms with Gasteiger partial charge in [0.15, 0.2) is 6.79 Å². The normalized spacial score (nSPS) is 11.2. The van der Waals surface area contributed by atoms with Crippen LogP contribution in [0.5, 0.6) is 5.75 Å². The quantitative estimate of drug-likeness (QED) is 0.686. The van der Waals surface area contributed by atoms with Crippen molar-refractivity contribution in [1.82, 2.24) is 4.40 Å². The molecular formula is C14H12BrNO2. The molecule has 0 atom stereocenters. The molecular weight excluding hydrogens is 294 g/mol. The van der Waals surface area contributed by atoms with Gasteiger partial charge < -0.3 is 13.9 Å². The van der Waals surface area contributed by atoms with Gasteiger partial charge in [0.2, 0.25) is 0 Å². The molecule has 0 spiro atoms. The first-order valence-electron chi connectivity index (χ1n) is 5.60. The van der Waals surface area contributed by atoms with Crippen molar-refractivity contribution in [3.05, 3.63) is 47.2 Å². The molecule has 0 unspecified atom stereocenters. The van der Waals surface area contributed by atoms with Crippen molar-refractivity contribution >= 4 is 32.2 Å². The van der Waals surface area contributed by atoms with Crippen LogP contribution < -0.4 is 4.74 Å². The maximum absolute atomic E-state index is 5.48. The summed E-state index contributed by atoms with van der Waals surface area (Å²) in [5.74, 6) is 0.798. The molecule has 0 saturated carbocycles. The van der Waals surface area contributed by atoms with E-state index in [-0.39, 0.29) is 6.79 Å². The fourth-order valence-electron chi connectivity index (χ4n) is 2.11. The third-order valence-electron chi connectivity index (χ3n) is 2.89. The molecule has 3 rings (SSSR count). The van der Waals surface area contributed by atoms with Gasteiger partial charge in [0.1, 0.15) is 5.75 Å². The monoisotopic (exact) mass is 305 g/mol. The number of ether oxygens (including phenoxy) is 2. The molecule has 0 amide bonds. The van der Waals surface area contributed by atoms with Gasteiger partial charge in [-0.3, -0.25) is 0 Å². The average Bonchev–Trinajstić information content (AvgIpc) is 2.84. The second kappa shape index (κ2) is 4.63. The van der Waals surface area contributed by atoms with Gasteiger partial charge in [-0.25, -0.2) is 0 Å². The van der Waals surface area contributed by atoms with Gasteiger partial charge in [0, 0.05) is 29.4 Å². The van der Waals surface area contributed by atoms with E-state index in [0.717, 1.165) is 15.6 Å². The van der Waals surface area contributed by atoms with Crippen LogP contribution in [0.2, 0.25) is 0 Å². The van der Waals surface area contributed by atoms with Crippen LogP contribution in [-0.4, -0.2) is 18.3 Å². The SMILES string of the molecule is COCOc1cc(Br)c2c(ccn3cccc23)c1. The molecule has 0 saturated heterocycles. The lowest BCUT2D eigenvalue weighted by Gasteiger charge is -2.09. The molecule has 0 N–H and O–H groups in total. The Kier molecular flexibility index (Phi) is 2.97. The molecule has 0 bridgehead atoms. The lowest BCUT2D eigenvalue weighted by molar-refractivity contribution is 0.0512. The van der Waals surface area contributed by atoms with Crippen LogP contribution in [-0.2, 0) is 4.74 Å². The third-order valence-corrected chi connectivity index (χ3v) is 3.51. The van der Waals surface area contributed by atoms with Crippen LogP contribution in [0.3, 0.4) is 0 Å². The summed E-state index contributed by atoms with van der Waals surface area (Å²) in [6, 6.07) is 10.2. The summed E-state index contributed by atoms with van der Waals surface area (Å²) in [5.41, 5.74) is 1.18. The predicted molar refractivity (Wildman–Crippen MR) is 75.1 cm³/mol. The van der Waals surface area contributed by atoms with Gasteiger partial charge >= 0.3 is 0 Å². The van der Waals surface area contributed by atoms with Gasteiger partial charge in [-0.2, -0.15) is 0 Å². The highest BCUT2D eigenvalue weighted by molar-refractivity contribution is 9.10. The number of pyridine rings is 1. The number of nitrogens with zero attached hydrogens (tertiary/aromatic N) is 1. The van der Waals surface area contributed by atoms with Crippen LogP contribution in [0, 0.1) is 0 Å². The van der Waals surface area contributed by atoms with E-state index in [0.29, 0.717) is 0 Å². The minimum absolute atomic E-state index is 0.255. The fourth-order valence-corrected chi connectivity index (χ4v) is 2.77. The van der Waals surface area contributed by atoms with Crippen molar-refractivity contribution in [3.63, 3.8) is 0 Å². The summed E-state index contributed by atoms with van der Waals surface area (Å²) >= 11 is 3.61. The minimum atomic E-state index is 0.255. The summed E-state index contributed by atoms with van der Waals surface area (Å²) in [5, 5.41) is 2.33. The fraction of sp³-hybridized carbons (Fsp3) is 0.143. The van der Waals surface area contributed by atoms with Gasteiger partial charge in [-0.15, -0.1) is 0 Å². The lowest BCUT2D eigenvalue weighted by atomic mass is 10.1. The van der Waals surface area contributed by atoms with E-state index in [1.165, 1.54) is 10.9 Å². The number of hydrogen-bond donors (Lipinski definition) is 0. The molecule has 92 valence electrons. The largest absolute Gasteiger partial charge is 0.468 e. The Bertz CT molecular complexity index is 705. The van der Waals surface area contributed by atoms with Crippen molar-refractivity contribution in [1.29, 1.82) is 0 Å². The van der Waals surface area contributed by atoms with Crippen LogP contribution in [0.25, 0.3) is 16.3 Å². The molecule has 18 heavy (non-hydrogen) atoms. The Morgan fingerprint density at radius 1 is 1.22 bits per heavy atom. The van der Waals surface area contributed by atoms with Crippen molar-refractivity contribution in [2.45, 2.75) is 0 Å². The molecule has 3 aromatic rings. The Balaban J connectivity index is 2.22. The number of fused-ring (bicyclic) bond motifs is 3. The molecule has 0 aliphatic carbocycles. The molecule has 0 aliphatic heterocycles. The summed E-state index contributed by atoms with van der Waals surface area (Å²) in [6.45, 7) is 0.255. The van der Waals surface area contributed by atoms with Crippen molar-refractivity contribution < 1.29 is 9.47 Å². The van der Waals surface area contributed by atoms with Crippen LogP contribution in [0.4, 0.5) is 0 Å². The minimum Gasteiger partial charge on any atom is -0.468 e. The summed E-state index contributed by atoms with van der Waals surface area (Å²) < 4.78 is 13.5. The highest BCUT2D eigenvalue weighted by Crippen LogP contribution is 2.32. The molecule has 3 nitrogen and oxygen atoms in total. The molecule has 2 heterocycles. The zero-order chi connectivity index (χ0) is 12.5. The highest BCUT2D eigenvalue weighted by Gasteiger charge is 2.07. The van der Waals surface area contributed by atoms with Gasteiger partial charge in [0.25, 0.3) is 0 Å². The lowest BCUT2D eigenvalue weighted by Crippen LogP contribution is -1.98. The molecule has 0 aliphatic rings. The Hall–Kier alpha value is -1.52. The zero-order valence-electron chi connectivity index (χ0n) is 9.89. The zero-order valence-corrected chi connectivity index (χ0v) is 11.5. The molecule has 0 fully saturated rings. The molecule has 2 aromatic heterocycles.